The van der Waals surface area contributed by atoms with Crippen LogP contribution in [-0.4, -0.2) is 9.97 Å². The minimum absolute atomic E-state index is 0.0676. The Morgan fingerprint density at radius 2 is 1.97 bits per heavy atom. The predicted molar refractivity (Wildman–Crippen MR) is 114 cm³/mol. The van der Waals surface area contributed by atoms with Crippen molar-refractivity contribution in [2.45, 2.75) is 18.8 Å². The highest BCUT2D eigenvalue weighted by atomic mass is 79.9. The second-order valence-electron chi connectivity index (χ2n) is 7.09. The predicted octanol–water partition coefficient (Wildman–Crippen LogP) is 6.39. The molecule has 2 heterocycles. The summed E-state index contributed by atoms with van der Waals surface area (Å²) in [7, 11) is 0. The summed E-state index contributed by atoms with van der Waals surface area (Å²) in [4.78, 5) is 20.2. The molecule has 8 heteroatoms. The Morgan fingerprint density at radius 3 is 2.69 bits per heavy atom. The summed E-state index contributed by atoms with van der Waals surface area (Å²) in [6, 6.07) is 7.22. The van der Waals surface area contributed by atoms with Crippen LogP contribution in [-0.2, 0) is 0 Å². The maximum absolute atomic E-state index is 14.4. The van der Waals surface area contributed by atoms with E-state index in [1.165, 1.54) is 0 Å². The second kappa shape index (κ2) is 6.78. The monoisotopic (exact) mass is 475 g/mol. The van der Waals surface area contributed by atoms with Crippen molar-refractivity contribution >= 4 is 60.7 Å². The van der Waals surface area contributed by atoms with E-state index in [0.29, 0.717) is 33.4 Å². The van der Waals surface area contributed by atoms with Crippen LogP contribution in [0.15, 0.2) is 45.8 Å². The number of H-pyrrole nitrogens is 1. The van der Waals surface area contributed by atoms with Crippen molar-refractivity contribution in [2.24, 2.45) is 0 Å². The van der Waals surface area contributed by atoms with Crippen LogP contribution < -0.4 is 10.9 Å². The first-order valence-corrected chi connectivity index (χ1v) is 10.2. The number of hydrogen-bond acceptors (Lipinski definition) is 3. The Hall–Kier alpha value is -2.51. The first kappa shape index (κ1) is 18.5. The quantitative estimate of drug-likeness (QED) is 0.337. The highest BCUT2D eigenvalue weighted by Crippen LogP contribution is 2.43. The zero-order valence-electron chi connectivity index (χ0n) is 14.8. The number of anilines is 2. The molecule has 4 aromatic rings. The lowest BCUT2D eigenvalue weighted by Crippen LogP contribution is -2.10. The van der Waals surface area contributed by atoms with Crippen LogP contribution in [0, 0.1) is 11.6 Å². The van der Waals surface area contributed by atoms with Gasteiger partial charge in [-0.3, -0.25) is 4.79 Å². The largest absolute Gasteiger partial charge is 0.336 e. The van der Waals surface area contributed by atoms with E-state index in [2.05, 4.69) is 31.2 Å². The molecule has 1 aliphatic rings. The van der Waals surface area contributed by atoms with Crippen LogP contribution in [0.5, 0.6) is 0 Å². The number of hydrogen-bond donors (Lipinski definition) is 2. The summed E-state index contributed by atoms with van der Waals surface area (Å²) >= 11 is 9.51. The lowest BCUT2D eigenvalue weighted by molar-refractivity contribution is 0.586. The fourth-order valence-electron chi connectivity index (χ4n) is 3.59. The zero-order chi connectivity index (χ0) is 20.3. The van der Waals surface area contributed by atoms with Gasteiger partial charge in [-0.15, -0.1) is 0 Å². The SMILES string of the molecule is O=c1[nH]cc(C2CC2)c2nc(Nc3c(F)cc(F)cc3Cl)c3ccc(Br)cc3c12. The van der Waals surface area contributed by atoms with E-state index in [-0.39, 0.29) is 16.3 Å². The minimum Gasteiger partial charge on any atom is -0.336 e. The number of halogens is 4. The van der Waals surface area contributed by atoms with Gasteiger partial charge in [0, 0.05) is 27.5 Å². The molecule has 2 aromatic carbocycles. The normalized spacial score (nSPS) is 13.9. The molecule has 0 unspecified atom stereocenters. The lowest BCUT2D eigenvalue weighted by atomic mass is 10.0. The second-order valence-corrected chi connectivity index (χ2v) is 8.41. The maximum Gasteiger partial charge on any atom is 0.258 e. The zero-order valence-corrected chi connectivity index (χ0v) is 17.2. The highest BCUT2D eigenvalue weighted by molar-refractivity contribution is 9.10. The molecular weight excluding hydrogens is 464 g/mol. The standard InChI is InChI=1S/C21H13BrClF2N3O/c22-10-3-4-12-13(5-10)17-18(14(9-1-2-9)8-26-21(17)29)27-20(12)28-19-15(23)6-11(24)7-16(19)25/h3-9H,1-2H2,(H,26,29)(H,27,28). The van der Waals surface area contributed by atoms with E-state index in [4.69, 9.17) is 11.6 Å². The van der Waals surface area contributed by atoms with Crippen LogP contribution in [0.2, 0.25) is 5.02 Å². The number of rotatable bonds is 3. The van der Waals surface area contributed by atoms with Crippen LogP contribution in [0.25, 0.3) is 21.7 Å². The van der Waals surface area contributed by atoms with Crippen molar-refractivity contribution in [3.8, 4) is 0 Å². The van der Waals surface area contributed by atoms with E-state index >= 15 is 0 Å². The molecule has 1 aliphatic carbocycles. The highest BCUT2D eigenvalue weighted by Gasteiger charge is 2.28. The number of nitrogens with one attached hydrogen (secondary N) is 2. The van der Waals surface area contributed by atoms with Gasteiger partial charge in [0.15, 0.2) is 5.82 Å². The van der Waals surface area contributed by atoms with Gasteiger partial charge in [-0.1, -0.05) is 27.5 Å². The van der Waals surface area contributed by atoms with E-state index in [9.17, 15) is 13.6 Å². The average Bonchev–Trinajstić information content (AvgIpc) is 3.49. The average molecular weight is 477 g/mol. The third-order valence-electron chi connectivity index (χ3n) is 5.09. The Morgan fingerprint density at radius 1 is 1.17 bits per heavy atom. The van der Waals surface area contributed by atoms with Crippen molar-refractivity contribution in [1.82, 2.24) is 9.97 Å². The van der Waals surface area contributed by atoms with Gasteiger partial charge in [-0.25, -0.2) is 13.8 Å². The summed E-state index contributed by atoms with van der Waals surface area (Å²) < 4.78 is 28.6. The summed E-state index contributed by atoms with van der Waals surface area (Å²) in [6.45, 7) is 0. The molecule has 146 valence electrons. The van der Waals surface area contributed by atoms with Crippen molar-refractivity contribution in [1.29, 1.82) is 0 Å². The topological polar surface area (TPSA) is 57.8 Å². The Bertz CT molecular complexity index is 1340. The van der Waals surface area contributed by atoms with Crippen LogP contribution in [0.1, 0.15) is 24.3 Å². The van der Waals surface area contributed by atoms with Gasteiger partial charge in [0.25, 0.3) is 5.56 Å². The van der Waals surface area contributed by atoms with Gasteiger partial charge < -0.3 is 10.3 Å². The molecule has 0 saturated heterocycles. The maximum atomic E-state index is 14.4. The number of fused-ring (bicyclic) bond motifs is 3. The number of benzene rings is 2. The van der Waals surface area contributed by atoms with Crippen LogP contribution >= 0.6 is 27.5 Å². The number of pyridine rings is 2. The lowest BCUT2D eigenvalue weighted by Gasteiger charge is -2.15. The number of aromatic nitrogens is 2. The van der Waals surface area contributed by atoms with Gasteiger partial charge >= 0.3 is 0 Å². The molecule has 5 rings (SSSR count). The molecule has 0 amide bonds. The smallest absolute Gasteiger partial charge is 0.258 e. The van der Waals surface area contributed by atoms with Gasteiger partial charge in [0.05, 0.1) is 21.6 Å². The number of aromatic amines is 1. The molecule has 2 N–H and O–H groups in total. The summed E-state index contributed by atoms with van der Waals surface area (Å²) in [5.74, 6) is -0.901. The molecule has 29 heavy (non-hydrogen) atoms. The molecule has 0 bridgehead atoms. The van der Waals surface area contributed by atoms with Gasteiger partial charge in [0.1, 0.15) is 11.6 Å². The molecule has 0 spiro atoms. The van der Waals surface area contributed by atoms with Crippen LogP contribution in [0.4, 0.5) is 20.3 Å². The Balaban J connectivity index is 1.83. The van der Waals surface area contributed by atoms with Crippen molar-refractivity contribution < 1.29 is 8.78 Å². The molecule has 0 aliphatic heterocycles. The molecule has 4 nitrogen and oxygen atoms in total. The Kier molecular flexibility index (Phi) is 4.33. The fourth-order valence-corrected chi connectivity index (χ4v) is 4.19. The van der Waals surface area contributed by atoms with Crippen molar-refractivity contribution in [2.75, 3.05) is 5.32 Å². The summed E-state index contributed by atoms with van der Waals surface area (Å²) in [6.07, 6.45) is 3.76. The Labute approximate surface area is 177 Å². The molecule has 1 fully saturated rings. The molecule has 2 aromatic heterocycles. The van der Waals surface area contributed by atoms with E-state index in [0.717, 1.165) is 35.0 Å². The van der Waals surface area contributed by atoms with Gasteiger partial charge in [0.2, 0.25) is 0 Å². The molecular formula is C21H13BrClF2N3O. The van der Waals surface area contributed by atoms with E-state index in [1.54, 1.807) is 12.3 Å². The third-order valence-corrected chi connectivity index (χ3v) is 5.88. The molecule has 1 saturated carbocycles. The molecule has 0 atom stereocenters. The van der Waals surface area contributed by atoms with Crippen LogP contribution in [0.3, 0.4) is 0 Å². The van der Waals surface area contributed by atoms with Gasteiger partial charge in [-0.2, -0.15) is 0 Å². The van der Waals surface area contributed by atoms with E-state index in [1.807, 2.05) is 12.1 Å². The van der Waals surface area contributed by atoms with E-state index < -0.39 is 11.6 Å². The first-order valence-electron chi connectivity index (χ1n) is 8.98. The van der Waals surface area contributed by atoms with Crippen molar-refractivity contribution in [3.05, 3.63) is 73.6 Å². The summed E-state index contributed by atoms with van der Waals surface area (Å²) in [5.41, 5.74) is 1.22. The third kappa shape index (κ3) is 3.18. The van der Waals surface area contributed by atoms with Gasteiger partial charge in [-0.05, 0) is 48.6 Å². The first-order chi connectivity index (χ1) is 13.9. The molecule has 0 radical (unpaired) electrons. The fraction of sp³-hybridized carbons (Fsp3) is 0.143. The number of nitrogens with zero attached hydrogens (tertiary/aromatic N) is 1. The minimum atomic E-state index is -0.824. The van der Waals surface area contributed by atoms with Crippen molar-refractivity contribution in [3.63, 3.8) is 0 Å². The summed E-state index contributed by atoms with van der Waals surface area (Å²) in [5, 5.41) is 4.61.